The molecule has 2 rings (SSSR count). The maximum absolute atomic E-state index is 12.2. The lowest BCUT2D eigenvalue weighted by Crippen LogP contribution is -2.46. The molecule has 2 amide bonds. The summed E-state index contributed by atoms with van der Waals surface area (Å²) in [6.07, 6.45) is 1.43. The van der Waals surface area contributed by atoms with E-state index >= 15 is 0 Å². The summed E-state index contributed by atoms with van der Waals surface area (Å²) in [7, 11) is 0. The van der Waals surface area contributed by atoms with Gasteiger partial charge in [0.05, 0.1) is 10.9 Å². The van der Waals surface area contributed by atoms with E-state index in [2.05, 4.69) is 20.9 Å². The van der Waals surface area contributed by atoms with Crippen LogP contribution in [0.1, 0.15) is 25.1 Å². The maximum Gasteiger partial charge on any atom is 0.240 e. The Labute approximate surface area is 129 Å². The molecule has 21 heavy (non-hydrogen) atoms. The van der Waals surface area contributed by atoms with Crippen LogP contribution in [-0.2, 0) is 9.59 Å². The molecule has 1 fully saturated rings. The summed E-state index contributed by atoms with van der Waals surface area (Å²) in [5.41, 5.74) is 4.05. The molecule has 1 saturated heterocycles. The fourth-order valence-corrected chi connectivity index (χ4v) is 3.04. The molecule has 2 heterocycles. The number of hydrogen-bond donors (Lipinski definition) is 3. The number of rotatable bonds is 3. The van der Waals surface area contributed by atoms with Gasteiger partial charge in [-0.05, 0) is 19.1 Å². The van der Waals surface area contributed by atoms with Gasteiger partial charge in [0.25, 0.3) is 0 Å². The summed E-state index contributed by atoms with van der Waals surface area (Å²) < 4.78 is 0. The van der Waals surface area contributed by atoms with Crippen molar-refractivity contribution in [3.63, 3.8) is 0 Å². The fraction of sp³-hybridized carbons (Fsp3) is 0.462. The Kier molecular flexibility index (Phi) is 4.20. The van der Waals surface area contributed by atoms with Gasteiger partial charge in [-0.1, -0.05) is 15.9 Å². The number of nitrogens with two attached hydrogens (primary N) is 1. The number of carbonyl (C=O) groups is 2. The molecular weight excluding hydrogens is 342 g/mol. The van der Waals surface area contributed by atoms with Gasteiger partial charge >= 0.3 is 0 Å². The minimum atomic E-state index is -1.43. The van der Waals surface area contributed by atoms with Gasteiger partial charge in [0.15, 0.2) is 0 Å². The summed E-state index contributed by atoms with van der Waals surface area (Å²) >= 11 is 3.05. The third kappa shape index (κ3) is 2.73. The highest BCUT2D eigenvalue weighted by atomic mass is 79.9. The summed E-state index contributed by atoms with van der Waals surface area (Å²) in [6.45, 7) is 1.49. The molecule has 3 unspecified atom stereocenters. The third-order valence-electron chi connectivity index (χ3n) is 3.62. The Balaban J connectivity index is 2.56. The topological polar surface area (TPSA) is 117 Å². The molecule has 0 bridgehead atoms. The summed E-state index contributed by atoms with van der Waals surface area (Å²) in [5, 5.41) is 20.5. The van der Waals surface area contributed by atoms with Crippen molar-refractivity contribution in [1.29, 1.82) is 0 Å². The van der Waals surface area contributed by atoms with Crippen LogP contribution < -0.4 is 5.73 Å². The van der Waals surface area contributed by atoms with Crippen LogP contribution in [0, 0.1) is 0 Å². The summed E-state index contributed by atoms with van der Waals surface area (Å²) in [5.74, 6) is -1.27. The minimum Gasteiger partial charge on any atom is -0.506 e. The van der Waals surface area contributed by atoms with Crippen LogP contribution in [0.2, 0.25) is 0 Å². The van der Waals surface area contributed by atoms with Crippen LogP contribution >= 0.6 is 15.9 Å². The van der Waals surface area contributed by atoms with E-state index in [1.165, 1.54) is 30.2 Å². The highest BCUT2D eigenvalue weighted by Crippen LogP contribution is 2.45. The average Bonchev–Trinajstić information content (AvgIpc) is 2.70. The SMILES string of the molecule is CC1(O)CC(C(N)=O)N(C(=O)CBr)C1c1ncccc1O. The molecule has 1 aromatic heterocycles. The zero-order valence-corrected chi connectivity index (χ0v) is 12.9. The molecule has 1 aliphatic heterocycles. The molecule has 8 heteroatoms. The first-order valence-corrected chi connectivity index (χ1v) is 7.44. The normalized spacial score (nSPS) is 28.6. The van der Waals surface area contributed by atoms with Crippen LogP contribution in [-0.4, -0.2) is 48.9 Å². The van der Waals surface area contributed by atoms with Gasteiger partial charge in [0.1, 0.15) is 23.5 Å². The third-order valence-corrected chi connectivity index (χ3v) is 4.10. The second-order valence-electron chi connectivity index (χ2n) is 5.22. The van der Waals surface area contributed by atoms with Crippen molar-refractivity contribution < 1.29 is 19.8 Å². The van der Waals surface area contributed by atoms with Crippen molar-refractivity contribution in [2.45, 2.75) is 31.0 Å². The van der Waals surface area contributed by atoms with Crippen molar-refractivity contribution >= 4 is 27.7 Å². The largest absolute Gasteiger partial charge is 0.506 e. The first-order chi connectivity index (χ1) is 9.79. The van der Waals surface area contributed by atoms with E-state index in [4.69, 9.17) is 5.73 Å². The molecule has 114 valence electrons. The summed E-state index contributed by atoms with van der Waals surface area (Å²) in [4.78, 5) is 29.0. The van der Waals surface area contributed by atoms with E-state index in [1.54, 1.807) is 0 Å². The quantitative estimate of drug-likeness (QED) is 0.661. The van der Waals surface area contributed by atoms with Gasteiger partial charge in [-0.3, -0.25) is 14.6 Å². The first-order valence-electron chi connectivity index (χ1n) is 6.32. The van der Waals surface area contributed by atoms with Crippen LogP contribution in [0.4, 0.5) is 0 Å². The Hall–Kier alpha value is -1.67. The Morgan fingerprint density at radius 3 is 2.81 bits per heavy atom. The Bertz CT molecular complexity index is 578. The van der Waals surface area contributed by atoms with E-state index < -0.39 is 29.5 Å². The molecular formula is C13H16BrN3O4. The number of likely N-dealkylation sites (tertiary alicyclic amines) is 1. The van der Waals surface area contributed by atoms with Crippen molar-refractivity contribution in [2.24, 2.45) is 5.73 Å². The van der Waals surface area contributed by atoms with E-state index in [-0.39, 0.29) is 23.2 Å². The van der Waals surface area contributed by atoms with Gasteiger partial charge in [-0.25, -0.2) is 0 Å². The number of aromatic hydroxyl groups is 1. The molecule has 3 atom stereocenters. The number of amides is 2. The van der Waals surface area contributed by atoms with Gasteiger partial charge in [0, 0.05) is 12.6 Å². The Morgan fingerprint density at radius 2 is 2.29 bits per heavy atom. The average molecular weight is 358 g/mol. The lowest BCUT2D eigenvalue weighted by atomic mass is 9.92. The van der Waals surface area contributed by atoms with Crippen LogP contribution in [0.15, 0.2) is 18.3 Å². The number of aromatic nitrogens is 1. The van der Waals surface area contributed by atoms with Gasteiger partial charge in [-0.2, -0.15) is 0 Å². The number of alkyl halides is 1. The number of pyridine rings is 1. The molecule has 0 aliphatic carbocycles. The van der Waals surface area contributed by atoms with E-state index in [0.717, 1.165) is 0 Å². The predicted molar refractivity (Wildman–Crippen MR) is 77.5 cm³/mol. The van der Waals surface area contributed by atoms with Crippen molar-refractivity contribution in [3.8, 4) is 5.75 Å². The Morgan fingerprint density at radius 1 is 1.62 bits per heavy atom. The van der Waals surface area contributed by atoms with Crippen LogP contribution in [0.5, 0.6) is 5.75 Å². The number of nitrogens with zero attached hydrogens (tertiary/aromatic N) is 2. The molecule has 0 spiro atoms. The predicted octanol–water partition coefficient (Wildman–Crippen LogP) is 0.0604. The van der Waals surface area contributed by atoms with E-state index in [0.29, 0.717) is 0 Å². The lowest BCUT2D eigenvalue weighted by Gasteiger charge is -2.32. The number of halogens is 1. The van der Waals surface area contributed by atoms with Crippen molar-refractivity contribution in [1.82, 2.24) is 9.88 Å². The van der Waals surface area contributed by atoms with Crippen molar-refractivity contribution in [2.75, 3.05) is 5.33 Å². The van der Waals surface area contributed by atoms with Gasteiger partial charge < -0.3 is 20.8 Å². The van der Waals surface area contributed by atoms with Gasteiger partial charge in [-0.15, -0.1) is 0 Å². The lowest BCUT2D eigenvalue weighted by molar-refractivity contribution is -0.138. The number of primary amides is 1. The second kappa shape index (κ2) is 5.61. The maximum atomic E-state index is 12.2. The smallest absolute Gasteiger partial charge is 0.240 e. The molecule has 0 radical (unpaired) electrons. The van der Waals surface area contributed by atoms with E-state index in [1.807, 2.05) is 0 Å². The fourth-order valence-electron chi connectivity index (χ4n) is 2.75. The molecule has 7 nitrogen and oxygen atoms in total. The molecule has 4 N–H and O–H groups in total. The van der Waals surface area contributed by atoms with Gasteiger partial charge in [0.2, 0.25) is 11.8 Å². The molecule has 0 saturated carbocycles. The van der Waals surface area contributed by atoms with Crippen molar-refractivity contribution in [3.05, 3.63) is 24.0 Å². The van der Waals surface area contributed by atoms with Crippen LogP contribution in [0.3, 0.4) is 0 Å². The first kappa shape index (κ1) is 15.7. The van der Waals surface area contributed by atoms with E-state index in [9.17, 15) is 19.8 Å². The second-order valence-corrected chi connectivity index (χ2v) is 5.79. The zero-order valence-electron chi connectivity index (χ0n) is 11.4. The monoisotopic (exact) mass is 357 g/mol. The number of carbonyl (C=O) groups excluding carboxylic acids is 2. The highest BCUT2D eigenvalue weighted by Gasteiger charge is 2.54. The summed E-state index contributed by atoms with van der Waals surface area (Å²) in [6, 6.07) is 1.05. The molecule has 1 aromatic rings. The number of hydrogen-bond acceptors (Lipinski definition) is 5. The minimum absolute atomic E-state index is 0.0121. The standard InChI is InChI=1S/C13H16BrN3O4/c1-13(21)5-7(12(15)20)17(9(19)6-14)11(13)10-8(18)3-2-4-16-10/h2-4,7,11,18,21H,5-6H2,1H3,(H2,15,20). The highest BCUT2D eigenvalue weighted by molar-refractivity contribution is 9.09. The van der Waals surface area contributed by atoms with Crippen LogP contribution in [0.25, 0.3) is 0 Å². The zero-order chi connectivity index (χ0) is 15.8. The molecule has 0 aromatic carbocycles. The number of aliphatic hydroxyl groups is 1. The molecule has 1 aliphatic rings.